The molecular weight excluding hydrogens is 208 g/mol. The second-order valence-corrected chi connectivity index (χ2v) is 3.50. The topological polar surface area (TPSA) is 74.4 Å². The van der Waals surface area contributed by atoms with Gasteiger partial charge in [0, 0.05) is 6.20 Å². The van der Waals surface area contributed by atoms with E-state index in [1.807, 2.05) is 13.8 Å². The van der Waals surface area contributed by atoms with E-state index in [-0.39, 0.29) is 18.4 Å². The normalized spacial score (nSPS) is 10.4. The molecule has 0 unspecified atom stereocenters. The number of carbonyl (C=O) groups is 1. The molecule has 2 N–H and O–H groups in total. The van der Waals surface area contributed by atoms with E-state index < -0.39 is 5.97 Å². The molecular formula is C11H16N2O3. The van der Waals surface area contributed by atoms with Gasteiger partial charge in [0.15, 0.2) is 5.69 Å². The third-order valence-corrected chi connectivity index (χ3v) is 1.80. The molecule has 0 saturated carbocycles. The zero-order valence-electron chi connectivity index (χ0n) is 9.47. The number of carbonyl (C=O) groups excluding carboxylic acids is 1. The predicted molar refractivity (Wildman–Crippen MR) is 60.0 cm³/mol. The molecule has 5 heteroatoms. The van der Waals surface area contributed by atoms with Crippen LogP contribution in [-0.2, 0) is 9.47 Å². The van der Waals surface area contributed by atoms with E-state index in [1.165, 1.54) is 6.20 Å². The van der Waals surface area contributed by atoms with Crippen LogP contribution in [0.4, 0.5) is 5.69 Å². The maximum absolute atomic E-state index is 11.5. The van der Waals surface area contributed by atoms with Gasteiger partial charge in [-0.1, -0.05) is 0 Å². The fraction of sp³-hybridized carbons (Fsp3) is 0.455. The summed E-state index contributed by atoms with van der Waals surface area (Å²) in [6.45, 7) is 4.40. The number of aromatic nitrogens is 1. The Morgan fingerprint density at radius 1 is 1.50 bits per heavy atom. The van der Waals surface area contributed by atoms with Crippen LogP contribution in [0.3, 0.4) is 0 Å². The zero-order chi connectivity index (χ0) is 12.0. The number of nitrogens with two attached hydrogens (primary N) is 1. The van der Waals surface area contributed by atoms with Crippen molar-refractivity contribution in [2.75, 3.05) is 18.9 Å². The zero-order valence-corrected chi connectivity index (χ0v) is 9.47. The summed E-state index contributed by atoms with van der Waals surface area (Å²) in [5, 5.41) is 0. The first-order valence-electron chi connectivity index (χ1n) is 5.10. The molecule has 0 atom stereocenters. The van der Waals surface area contributed by atoms with Crippen molar-refractivity contribution in [2.24, 2.45) is 0 Å². The van der Waals surface area contributed by atoms with E-state index in [9.17, 15) is 4.79 Å². The monoisotopic (exact) mass is 224 g/mol. The number of hydrogen-bond acceptors (Lipinski definition) is 5. The molecule has 0 bridgehead atoms. The summed E-state index contributed by atoms with van der Waals surface area (Å²) < 4.78 is 10.2. The van der Waals surface area contributed by atoms with Crippen LogP contribution in [-0.4, -0.2) is 30.3 Å². The summed E-state index contributed by atoms with van der Waals surface area (Å²) in [5.41, 5.74) is 6.04. The van der Waals surface area contributed by atoms with Crippen LogP contribution < -0.4 is 5.73 Å². The van der Waals surface area contributed by atoms with Crippen molar-refractivity contribution in [3.63, 3.8) is 0 Å². The van der Waals surface area contributed by atoms with Gasteiger partial charge in [-0.2, -0.15) is 0 Å². The summed E-state index contributed by atoms with van der Waals surface area (Å²) >= 11 is 0. The first-order chi connectivity index (χ1) is 7.61. The van der Waals surface area contributed by atoms with Crippen LogP contribution in [0.5, 0.6) is 0 Å². The molecule has 0 aromatic carbocycles. The maximum atomic E-state index is 11.5. The minimum Gasteiger partial charge on any atom is -0.458 e. The third kappa shape index (κ3) is 3.86. The lowest BCUT2D eigenvalue weighted by Gasteiger charge is -2.08. The fourth-order valence-corrected chi connectivity index (χ4v) is 1.07. The summed E-state index contributed by atoms with van der Waals surface area (Å²) in [6, 6.07) is 3.27. The lowest BCUT2D eigenvalue weighted by atomic mass is 10.3. The van der Waals surface area contributed by atoms with Gasteiger partial charge in [0.1, 0.15) is 6.61 Å². The second-order valence-electron chi connectivity index (χ2n) is 3.50. The van der Waals surface area contributed by atoms with Crippen molar-refractivity contribution in [1.29, 1.82) is 0 Å². The van der Waals surface area contributed by atoms with Crippen LogP contribution in [0.15, 0.2) is 18.3 Å². The quantitative estimate of drug-likeness (QED) is 0.601. The smallest absolute Gasteiger partial charge is 0.359 e. The van der Waals surface area contributed by atoms with Crippen molar-refractivity contribution in [3.05, 3.63) is 24.0 Å². The Hall–Kier alpha value is -1.62. The second kappa shape index (κ2) is 6.07. The Bertz CT molecular complexity index is 353. The van der Waals surface area contributed by atoms with Crippen molar-refractivity contribution in [1.82, 2.24) is 4.98 Å². The number of esters is 1. The number of nitrogen functional groups attached to an aromatic ring is 1. The summed E-state index contributed by atoms with van der Waals surface area (Å²) in [6.07, 6.45) is 1.62. The van der Waals surface area contributed by atoms with E-state index in [0.717, 1.165) is 0 Å². The minimum absolute atomic E-state index is 0.124. The van der Waals surface area contributed by atoms with Gasteiger partial charge in [-0.15, -0.1) is 0 Å². The highest BCUT2D eigenvalue weighted by atomic mass is 16.6. The fourth-order valence-electron chi connectivity index (χ4n) is 1.07. The Morgan fingerprint density at radius 2 is 2.25 bits per heavy atom. The molecule has 16 heavy (non-hydrogen) atoms. The van der Waals surface area contributed by atoms with Crippen LogP contribution in [0.2, 0.25) is 0 Å². The van der Waals surface area contributed by atoms with Crippen molar-refractivity contribution in [2.45, 2.75) is 20.0 Å². The number of hydrogen-bond donors (Lipinski definition) is 1. The molecule has 0 fully saturated rings. The van der Waals surface area contributed by atoms with Gasteiger partial charge in [0.25, 0.3) is 0 Å². The molecule has 1 aromatic heterocycles. The number of ether oxygens (including phenoxy) is 2. The third-order valence-electron chi connectivity index (χ3n) is 1.80. The largest absolute Gasteiger partial charge is 0.458 e. The minimum atomic E-state index is -0.523. The molecule has 0 aliphatic rings. The number of anilines is 1. The Morgan fingerprint density at radius 3 is 2.88 bits per heavy atom. The van der Waals surface area contributed by atoms with Gasteiger partial charge in [0.05, 0.1) is 18.4 Å². The van der Waals surface area contributed by atoms with E-state index in [1.54, 1.807) is 12.1 Å². The standard InChI is InChI=1S/C11H16N2O3/c1-8(2)15-6-7-16-11(14)10-9(12)4-3-5-13-10/h3-5,8H,6-7,12H2,1-2H3. The highest BCUT2D eigenvalue weighted by Gasteiger charge is 2.11. The molecule has 0 amide bonds. The van der Waals surface area contributed by atoms with Gasteiger partial charge in [-0.3, -0.25) is 0 Å². The molecule has 0 spiro atoms. The molecule has 0 aliphatic heterocycles. The first-order valence-corrected chi connectivity index (χ1v) is 5.10. The van der Waals surface area contributed by atoms with Crippen LogP contribution in [0, 0.1) is 0 Å². The summed E-state index contributed by atoms with van der Waals surface area (Å²) in [7, 11) is 0. The van der Waals surface area contributed by atoms with Gasteiger partial charge >= 0.3 is 5.97 Å². The SMILES string of the molecule is CC(C)OCCOC(=O)c1ncccc1N. The Kier molecular flexibility index (Phi) is 4.72. The van der Waals surface area contributed by atoms with Crippen LogP contribution >= 0.6 is 0 Å². The van der Waals surface area contributed by atoms with Crippen molar-refractivity contribution < 1.29 is 14.3 Å². The number of nitrogens with zero attached hydrogens (tertiary/aromatic N) is 1. The van der Waals surface area contributed by atoms with E-state index >= 15 is 0 Å². The van der Waals surface area contributed by atoms with Gasteiger partial charge in [0.2, 0.25) is 0 Å². The molecule has 0 radical (unpaired) electrons. The average Bonchev–Trinajstić information content (AvgIpc) is 2.24. The van der Waals surface area contributed by atoms with Gasteiger partial charge in [-0.05, 0) is 26.0 Å². The predicted octanol–water partition coefficient (Wildman–Crippen LogP) is 1.25. The van der Waals surface area contributed by atoms with Crippen molar-refractivity contribution in [3.8, 4) is 0 Å². The maximum Gasteiger partial charge on any atom is 0.359 e. The van der Waals surface area contributed by atoms with Gasteiger partial charge < -0.3 is 15.2 Å². The van der Waals surface area contributed by atoms with Crippen LogP contribution in [0.1, 0.15) is 24.3 Å². The molecule has 1 rings (SSSR count). The van der Waals surface area contributed by atoms with E-state index in [4.69, 9.17) is 15.2 Å². The van der Waals surface area contributed by atoms with E-state index in [2.05, 4.69) is 4.98 Å². The molecule has 1 heterocycles. The molecule has 5 nitrogen and oxygen atoms in total. The van der Waals surface area contributed by atoms with Crippen molar-refractivity contribution >= 4 is 11.7 Å². The number of rotatable bonds is 5. The molecule has 0 saturated heterocycles. The highest BCUT2D eigenvalue weighted by molar-refractivity contribution is 5.92. The first kappa shape index (κ1) is 12.4. The molecule has 88 valence electrons. The molecule has 1 aromatic rings. The van der Waals surface area contributed by atoms with Gasteiger partial charge in [-0.25, -0.2) is 9.78 Å². The average molecular weight is 224 g/mol. The van der Waals surface area contributed by atoms with E-state index in [0.29, 0.717) is 12.3 Å². The Balaban J connectivity index is 2.39. The summed E-state index contributed by atoms with van der Waals surface area (Å²) in [4.78, 5) is 15.3. The lowest BCUT2D eigenvalue weighted by Crippen LogP contribution is -2.15. The number of pyridine rings is 1. The lowest BCUT2D eigenvalue weighted by molar-refractivity contribution is 0.0173. The Labute approximate surface area is 94.6 Å². The highest BCUT2D eigenvalue weighted by Crippen LogP contribution is 2.08. The summed E-state index contributed by atoms with van der Waals surface area (Å²) in [5.74, 6) is -0.523. The van der Waals surface area contributed by atoms with Crippen LogP contribution in [0.25, 0.3) is 0 Å². The molecule has 0 aliphatic carbocycles.